The van der Waals surface area contributed by atoms with Gasteiger partial charge in [-0.2, -0.15) is 0 Å². The van der Waals surface area contributed by atoms with Crippen molar-refractivity contribution in [1.82, 2.24) is 10.3 Å². The number of hydrogen-bond acceptors (Lipinski definition) is 4. The Morgan fingerprint density at radius 1 is 1.41 bits per heavy atom. The van der Waals surface area contributed by atoms with Crippen molar-refractivity contribution in [3.05, 3.63) is 23.2 Å². The molecule has 6 heteroatoms. The SMILES string of the molecule is CC(C)c1nc2ccc(NC(=O)C3CCCCN3)cc2s1.Cl. The largest absolute Gasteiger partial charge is 0.325 e. The van der Waals surface area contributed by atoms with E-state index < -0.39 is 0 Å². The zero-order valence-corrected chi connectivity index (χ0v) is 14.5. The van der Waals surface area contributed by atoms with Crippen LogP contribution in [0.1, 0.15) is 44.0 Å². The predicted molar refractivity (Wildman–Crippen MR) is 95.2 cm³/mol. The van der Waals surface area contributed by atoms with Crippen LogP contribution in [-0.2, 0) is 4.79 Å². The van der Waals surface area contributed by atoms with Crippen molar-refractivity contribution in [2.45, 2.75) is 45.1 Å². The molecular formula is C16H22ClN3OS. The van der Waals surface area contributed by atoms with Gasteiger partial charge in [-0.1, -0.05) is 20.3 Å². The molecule has 1 amide bonds. The van der Waals surface area contributed by atoms with Crippen LogP contribution in [0.3, 0.4) is 0 Å². The lowest BCUT2D eigenvalue weighted by atomic mass is 10.0. The molecule has 0 bridgehead atoms. The van der Waals surface area contributed by atoms with Gasteiger partial charge in [0.15, 0.2) is 0 Å². The molecule has 2 N–H and O–H groups in total. The summed E-state index contributed by atoms with van der Waals surface area (Å²) < 4.78 is 1.13. The number of aromatic nitrogens is 1. The first-order valence-electron chi connectivity index (χ1n) is 7.58. The normalized spacial score (nSPS) is 18.2. The summed E-state index contributed by atoms with van der Waals surface area (Å²) in [5.74, 6) is 0.509. The zero-order valence-electron chi connectivity index (χ0n) is 12.9. The van der Waals surface area contributed by atoms with Crippen molar-refractivity contribution >= 4 is 45.6 Å². The Kier molecular flexibility index (Phi) is 5.78. The van der Waals surface area contributed by atoms with Crippen molar-refractivity contribution in [3.63, 3.8) is 0 Å². The third kappa shape index (κ3) is 3.77. The van der Waals surface area contributed by atoms with Gasteiger partial charge in [-0.3, -0.25) is 4.79 Å². The number of piperidine rings is 1. The van der Waals surface area contributed by atoms with Gasteiger partial charge in [-0.25, -0.2) is 4.98 Å². The number of carbonyl (C=O) groups is 1. The molecule has 0 spiro atoms. The number of thiazole rings is 1. The molecular weight excluding hydrogens is 318 g/mol. The van der Waals surface area contributed by atoms with Gasteiger partial charge in [0.05, 0.1) is 21.3 Å². The number of fused-ring (bicyclic) bond motifs is 1. The number of anilines is 1. The smallest absolute Gasteiger partial charge is 0.241 e. The van der Waals surface area contributed by atoms with Crippen LogP contribution < -0.4 is 10.6 Å². The van der Waals surface area contributed by atoms with Crippen LogP contribution in [0.4, 0.5) is 5.69 Å². The van der Waals surface area contributed by atoms with E-state index in [1.54, 1.807) is 11.3 Å². The summed E-state index contributed by atoms with van der Waals surface area (Å²) in [5, 5.41) is 7.43. The minimum atomic E-state index is -0.0536. The van der Waals surface area contributed by atoms with E-state index in [2.05, 4.69) is 29.5 Å². The van der Waals surface area contributed by atoms with Crippen LogP contribution in [0.2, 0.25) is 0 Å². The summed E-state index contributed by atoms with van der Waals surface area (Å²) in [6.07, 6.45) is 3.21. The molecule has 2 aromatic rings. The van der Waals surface area contributed by atoms with Crippen LogP contribution in [0.5, 0.6) is 0 Å². The van der Waals surface area contributed by atoms with E-state index in [1.807, 2.05) is 18.2 Å². The molecule has 1 aliphatic rings. The van der Waals surface area contributed by atoms with Gasteiger partial charge >= 0.3 is 0 Å². The maximum atomic E-state index is 12.2. The lowest BCUT2D eigenvalue weighted by Gasteiger charge is -2.22. The highest BCUT2D eigenvalue weighted by atomic mass is 35.5. The molecule has 1 fully saturated rings. The van der Waals surface area contributed by atoms with Crippen molar-refractivity contribution in [1.29, 1.82) is 0 Å². The summed E-state index contributed by atoms with van der Waals surface area (Å²) in [6, 6.07) is 5.90. The number of carbonyl (C=O) groups excluding carboxylic acids is 1. The van der Waals surface area contributed by atoms with E-state index in [0.717, 1.165) is 46.7 Å². The minimum absolute atomic E-state index is 0. The van der Waals surface area contributed by atoms with E-state index >= 15 is 0 Å². The number of amides is 1. The Hall–Kier alpha value is -1.17. The Bertz CT molecular complexity index is 650. The first-order chi connectivity index (χ1) is 10.1. The molecule has 1 saturated heterocycles. The number of benzene rings is 1. The summed E-state index contributed by atoms with van der Waals surface area (Å²) in [6.45, 7) is 5.23. The van der Waals surface area contributed by atoms with Crippen molar-refractivity contribution in [2.24, 2.45) is 0 Å². The second kappa shape index (κ2) is 7.40. The molecule has 1 aromatic heterocycles. The summed E-state index contributed by atoms with van der Waals surface area (Å²) in [4.78, 5) is 16.8. The lowest BCUT2D eigenvalue weighted by molar-refractivity contribution is -0.118. The number of nitrogens with zero attached hydrogens (tertiary/aromatic N) is 1. The Labute approximate surface area is 141 Å². The quantitative estimate of drug-likeness (QED) is 0.891. The Balaban J connectivity index is 0.00000176. The molecule has 1 atom stereocenters. The van der Waals surface area contributed by atoms with E-state index in [-0.39, 0.29) is 24.4 Å². The number of nitrogens with one attached hydrogen (secondary N) is 2. The van der Waals surface area contributed by atoms with Crippen molar-refractivity contribution in [2.75, 3.05) is 11.9 Å². The molecule has 2 heterocycles. The van der Waals surface area contributed by atoms with Gasteiger partial charge in [0.1, 0.15) is 0 Å². The van der Waals surface area contributed by atoms with Crippen molar-refractivity contribution < 1.29 is 4.79 Å². The third-order valence-corrected chi connectivity index (χ3v) is 5.11. The minimum Gasteiger partial charge on any atom is -0.325 e. The lowest BCUT2D eigenvalue weighted by Crippen LogP contribution is -2.43. The molecule has 4 nitrogen and oxygen atoms in total. The molecule has 120 valence electrons. The molecule has 3 rings (SSSR count). The second-order valence-corrected chi connectivity index (χ2v) is 6.94. The predicted octanol–water partition coefficient (Wildman–Crippen LogP) is 3.92. The summed E-state index contributed by atoms with van der Waals surface area (Å²) >= 11 is 1.70. The summed E-state index contributed by atoms with van der Waals surface area (Å²) in [7, 11) is 0. The second-order valence-electron chi connectivity index (χ2n) is 5.88. The third-order valence-electron chi connectivity index (χ3n) is 3.79. The van der Waals surface area contributed by atoms with E-state index in [4.69, 9.17) is 0 Å². The van der Waals surface area contributed by atoms with E-state index in [0.29, 0.717) is 5.92 Å². The number of halogens is 1. The van der Waals surface area contributed by atoms with Gasteiger partial charge in [-0.15, -0.1) is 23.7 Å². The molecule has 0 radical (unpaired) electrons. The average Bonchev–Trinajstić information content (AvgIpc) is 2.91. The van der Waals surface area contributed by atoms with E-state index in [9.17, 15) is 4.79 Å². The fraction of sp³-hybridized carbons (Fsp3) is 0.500. The molecule has 1 aliphatic heterocycles. The number of hydrogen-bond donors (Lipinski definition) is 2. The molecule has 0 aliphatic carbocycles. The highest BCUT2D eigenvalue weighted by Gasteiger charge is 2.20. The van der Waals surface area contributed by atoms with Gasteiger partial charge in [0.25, 0.3) is 0 Å². The molecule has 22 heavy (non-hydrogen) atoms. The zero-order chi connectivity index (χ0) is 14.8. The van der Waals surface area contributed by atoms with Crippen molar-refractivity contribution in [3.8, 4) is 0 Å². The highest BCUT2D eigenvalue weighted by molar-refractivity contribution is 7.18. The number of rotatable bonds is 3. The van der Waals surface area contributed by atoms with Crippen LogP contribution in [0.15, 0.2) is 18.2 Å². The van der Waals surface area contributed by atoms with Gasteiger partial charge in [0.2, 0.25) is 5.91 Å². The molecule has 1 aromatic carbocycles. The fourth-order valence-corrected chi connectivity index (χ4v) is 3.58. The van der Waals surface area contributed by atoms with Crippen LogP contribution in [-0.4, -0.2) is 23.5 Å². The monoisotopic (exact) mass is 339 g/mol. The topological polar surface area (TPSA) is 54.0 Å². The standard InChI is InChI=1S/C16H21N3OS.ClH/c1-10(2)16-19-12-7-6-11(9-14(12)21-16)18-15(20)13-5-3-4-8-17-13;/h6-7,9-10,13,17H,3-5,8H2,1-2H3,(H,18,20);1H. The molecule has 0 saturated carbocycles. The van der Waals surface area contributed by atoms with Gasteiger partial charge < -0.3 is 10.6 Å². The van der Waals surface area contributed by atoms with Crippen LogP contribution in [0.25, 0.3) is 10.2 Å². The Morgan fingerprint density at radius 3 is 2.91 bits per heavy atom. The maximum Gasteiger partial charge on any atom is 0.241 e. The van der Waals surface area contributed by atoms with Gasteiger partial charge in [-0.05, 0) is 37.6 Å². The van der Waals surface area contributed by atoms with E-state index in [1.165, 1.54) is 0 Å². The highest BCUT2D eigenvalue weighted by Crippen LogP contribution is 2.29. The van der Waals surface area contributed by atoms with Gasteiger partial charge in [0, 0.05) is 11.6 Å². The van der Waals surface area contributed by atoms with Crippen LogP contribution in [0, 0.1) is 0 Å². The first-order valence-corrected chi connectivity index (χ1v) is 8.40. The molecule has 1 unspecified atom stereocenters. The van der Waals surface area contributed by atoms with Crippen LogP contribution >= 0.6 is 23.7 Å². The Morgan fingerprint density at radius 2 is 2.23 bits per heavy atom. The summed E-state index contributed by atoms with van der Waals surface area (Å²) in [5.41, 5.74) is 1.87. The average molecular weight is 340 g/mol. The first kappa shape index (κ1) is 17.2. The maximum absolute atomic E-state index is 12.2. The fourth-order valence-electron chi connectivity index (χ4n) is 2.57.